The number of aryl methyl sites for hydroxylation is 2. The third-order valence-corrected chi connectivity index (χ3v) is 3.22. The van der Waals surface area contributed by atoms with Crippen molar-refractivity contribution in [3.63, 3.8) is 0 Å². The van der Waals surface area contributed by atoms with Gasteiger partial charge in [0.25, 0.3) is 0 Å². The monoisotopic (exact) mass is 325 g/mol. The molecule has 2 rings (SSSR count). The fourth-order valence-corrected chi connectivity index (χ4v) is 2.72. The van der Waals surface area contributed by atoms with Gasteiger partial charge in [-0.2, -0.15) is 0 Å². The molecule has 0 aliphatic carbocycles. The van der Waals surface area contributed by atoms with Gasteiger partial charge in [-0.05, 0) is 43.2 Å². The summed E-state index contributed by atoms with van der Waals surface area (Å²) < 4.78 is 1.06. The second-order valence-corrected chi connectivity index (χ2v) is 5.45. The Kier molecular flexibility index (Phi) is 3.78. The number of nitrogens with zero attached hydrogens (tertiary/aromatic N) is 1. The smallest absolute Gasteiger partial charge is 0.134 e. The van der Waals surface area contributed by atoms with Gasteiger partial charge >= 0.3 is 0 Å². The number of hydrogen-bond acceptors (Lipinski definition) is 3. The maximum absolute atomic E-state index is 5.88. The van der Waals surface area contributed by atoms with E-state index in [2.05, 4.69) is 26.2 Å². The van der Waals surface area contributed by atoms with Crippen molar-refractivity contribution in [1.29, 1.82) is 0 Å². The Morgan fingerprint density at radius 2 is 1.78 bits per heavy atom. The fourth-order valence-electron chi connectivity index (χ4n) is 1.82. The van der Waals surface area contributed by atoms with Crippen LogP contribution < -0.4 is 11.1 Å². The van der Waals surface area contributed by atoms with E-state index in [4.69, 9.17) is 17.3 Å². The second-order valence-electron chi connectivity index (χ2n) is 4.15. The van der Waals surface area contributed by atoms with Gasteiger partial charge in [-0.25, -0.2) is 4.98 Å². The van der Waals surface area contributed by atoms with Gasteiger partial charge in [-0.1, -0.05) is 27.5 Å². The summed E-state index contributed by atoms with van der Waals surface area (Å²) in [6.45, 7) is 4.07. The third kappa shape index (κ3) is 2.94. The molecule has 0 radical (unpaired) electrons. The number of nitrogens with one attached hydrogen (secondary N) is 1. The molecular weight excluding hydrogens is 314 g/mol. The lowest BCUT2D eigenvalue weighted by atomic mass is 10.1. The Morgan fingerprint density at radius 3 is 2.33 bits per heavy atom. The van der Waals surface area contributed by atoms with Crippen molar-refractivity contribution in [2.24, 2.45) is 0 Å². The van der Waals surface area contributed by atoms with Crippen molar-refractivity contribution in [2.75, 3.05) is 11.1 Å². The van der Waals surface area contributed by atoms with Crippen molar-refractivity contribution in [2.45, 2.75) is 13.8 Å². The Morgan fingerprint density at radius 1 is 1.17 bits per heavy atom. The summed E-state index contributed by atoms with van der Waals surface area (Å²) in [7, 11) is 0. The predicted octanol–water partition coefficient (Wildman–Crippen LogP) is 4.44. The molecule has 3 nitrogen and oxygen atoms in total. The molecule has 0 amide bonds. The number of pyridine rings is 1. The maximum atomic E-state index is 5.88. The van der Waals surface area contributed by atoms with Crippen LogP contribution in [0.1, 0.15) is 11.1 Å². The van der Waals surface area contributed by atoms with Gasteiger partial charge < -0.3 is 11.1 Å². The highest BCUT2D eigenvalue weighted by atomic mass is 79.9. The molecule has 0 unspecified atom stereocenters. The Bertz CT molecular complexity index is 556. The summed E-state index contributed by atoms with van der Waals surface area (Å²) in [4.78, 5) is 4.20. The molecule has 1 aromatic carbocycles. The lowest BCUT2D eigenvalue weighted by Gasteiger charge is -2.13. The van der Waals surface area contributed by atoms with Crippen molar-refractivity contribution < 1.29 is 0 Å². The zero-order valence-electron chi connectivity index (χ0n) is 10.1. The number of nitrogens with two attached hydrogens (primary N) is 1. The molecule has 2 aromatic rings. The number of rotatable bonds is 2. The largest absolute Gasteiger partial charge is 0.399 e. The van der Waals surface area contributed by atoms with Crippen molar-refractivity contribution in [3.8, 4) is 0 Å². The number of hydrogen-bond donors (Lipinski definition) is 2. The van der Waals surface area contributed by atoms with Gasteiger partial charge in [-0.3, -0.25) is 0 Å². The summed E-state index contributed by atoms with van der Waals surface area (Å²) in [5.41, 5.74) is 9.60. The molecule has 0 fully saturated rings. The van der Waals surface area contributed by atoms with E-state index in [1.54, 1.807) is 12.1 Å². The molecule has 94 valence electrons. The Labute approximate surface area is 119 Å². The van der Waals surface area contributed by atoms with Crippen LogP contribution in [-0.2, 0) is 0 Å². The van der Waals surface area contributed by atoms with Gasteiger partial charge in [0.2, 0.25) is 0 Å². The fraction of sp³-hybridized carbons (Fsp3) is 0.154. The Balaban J connectivity index is 2.40. The topological polar surface area (TPSA) is 50.9 Å². The zero-order chi connectivity index (χ0) is 13.3. The summed E-state index contributed by atoms with van der Waals surface area (Å²) in [6, 6.07) is 7.47. The normalized spacial score (nSPS) is 10.4. The maximum Gasteiger partial charge on any atom is 0.134 e. The Hall–Kier alpha value is -1.26. The van der Waals surface area contributed by atoms with E-state index >= 15 is 0 Å². The third-order valence-electron chi connectivity index (χ3n) is 2.57. The molecule has 0 aliphatic rings. The van der Waals surface area contributed by atoms with Gasteiger partial charge in [0.1, 0.15) is 11.0 Å². The number of anilines is 3. The van der Waals surface area contributed by atoms with Crippen LogP contribution >= 0.6 is 27.5 Å². The predicted molar refractivity (Wildman–Crippen MR) is 80.6 cm³/mol. The molecule has 0 saturated carbocycles. The molecule has 0 atom stereocenters. The number of aromatic nitrogens is 1. The highest BCUT2D eigenvalue weighted by Gasteiger charge is 2.06. The van der Waals surface area contributed by atoms with E-state index in [9.17, 15) is 0 Å². The van der Waals surface area contributed by atoms with Crippen molar-refractivity contribution in [3.05, 3.63) is 45.0 Å². The molecule has 1 heterocycles. The van der Waals surface area contributed by atoms with Crippen LogP contribution in [0.5, 0.6) is 0 Å². The molecule has 5 heteroatoms. The second kappa shape index (κ2) is 5.16. The average molecular weight is 327 g/mol. The minimum atomic E-state index is 0.380. The molecule has 1 aromatic heterocycles. The average Bonchev–Trinajstić information content (AvgIpc) is 2.22. The van der Waals surface area contributed by atoms with Crippen LogP contribution in [0.25, 0.3) is 0 Å². The van der Waals surface area contributed by atoms with Crippen LogP contribution in [-0.4, -0.2) is 4.98 Å². The minimum absolute atomic E-state index is 0.380. The first-order valence-electron chi connectivity index (χ1n) is 5.42. The van der Waals surface area contributed by atoms with E-state index in [1.807, 2.05) is 26.0 Å². The van der Waals surface area contributed by atoms with Gasteiger partial charge in [0.05, 0.1) is 0 Å². The minimum Gasteiger partial charge on any atom is -0.399 e. The molecule has 0 spiro atoms. The lowest BCUT2D eigenvalue weighted by Crippen LogP contribution is -1.99. The van der Waals surface area contributed by atoms with Crippen LogP contribution in [0, 0.1) is 13.8 Å². The lowest BCUT2D eigenvalue weighted by molar-refractivity contribution is 1.27. The van der Waals surface area contributed by atoms with E-state index in [0.29, 0.717) is 16.7 Å². The van der Waals surface area contributed by atoms with E-state index < -0.39 is 0 Å². The van der Waals surface area contributed by atoms with Gasteiger partial charge in [0, 0.05) is 21.9 Å². The number of benzene rings is 1. The van der Waals surface area contributed by atoms with Crippen molar-refractivity contribution in [1.82, 2.24) is 4.98 Å². The van der Waals surface area contributed by atoms with E-state index in [0.717, 1.165) is 21.3 Å². The van der Waals surface area contributed by atoms with Gasteiger partial charge in [-0.15, -0.1) is 0 Å². The standard InChI is InChI=1S/C13H13BrClN3/c1-7-3-9(14)4-8(2)13(7)18-12-6-10(16)5-11(15)17-12/h3-6H,1-2H3,(H3,16,17,18). The molecular formula is C13H13BrClN3. The number of halogens is 2. The zero-order valence-corrected chi connectivity index (χ0v) is 12.4. The van der Waals surface area contributed by atoms with Gasteiger partial charge in [0.15, 0.2) is 0 Å². The molecule has 0 bridgehead atoms. The highest BCUT2D eigenvalue weighted by molar-refractivity contribution is 9.10. The first-order valence-corrected chi connectivity index (χ1v) is 6.59. The van der Waals surface area contributed by atoms with E-state index in [1.165, 1.54) is 0 Å². The summed E-state index contributed by atoms with van der Waals surface area (Å²) >= 11 is 9.35. The molecule has 0 saturated heterocycles. The quantitative estimate of drug-likeness (QED) is 0.802. The molecule has 0 aliphatic heterocycles. The summed E-state index contributed by atoms with van der Waals surface area (Å²) in [6.07, 6.45) is 0. The summed E-state index contributed by atoms with van der Waals surface area (Å²) in [5.74, 6) is 0.647. The van der Waals surface area contributed by atoms with Crippen LogP contribution in [0.4, 0.5) is 17.2 Å². The SMILES string of the molecule is Cc1cc(Br)cc(C)c1Nc1cc(N)cc(Cl)n1. The van der Waals surface area contributed by atoms with E-state index in [-0.39, 0.29) is 0 Å². The number of nitrogen functional groups attached to an aromatic ring is 1. The van der Waals surface area contributed by atoms with Crippen LogP contribution in [0.3, 0.4) is 0 Å². The summed E-state index contributed by atoms with van der Waals surface area (Å²) in [5, 5.41) is 3.63. The first-order chi connectivity index (χ1) is 8.45. The van der Waals surface area contributed by atoms with Crippen LogP contribution in [0.2, 0.25) is 5.15 Å². The highest BCUT2D eigenvalue weighted by Crippen LogP contribution is 2.28. The van der Waals surface area contributed by atoms with Crippen molar-refractivity contribution >= 4 is 44.7 Å². The first kappa shape index (κ1) is 13.2. The molecule has 18 heavy (non-hydrogen) atoms. The molecule has 3 N–H and O–H groups in total. The van der Waals surface area contributed by atoms with Crippen LogP contribution in [0.15, 0.2) is 28.7 Å².